The molecule has 2 aliphatic heterocycles. The first-order chi connectivity index (χ1) is 15.1. The lowest BCUT2D eigenvalue weighted by Crippen LogP contribution is -2.48. The van der Waals surface area contributed by atoms with E-state index in [-0.39, 0.29) is 30.2 Å². The molecule has 9 nitrogen and oxygen atoms in total. The highest BCUT2D eigenvalue weighted by molar-refractivity contribution is 7.88. The highest BCUT2D eigenvalue weighted by atomic mass is 32.2. The molecule has 2 amide bonds. The fourth-order valence-electron chi connectivity index (χ4n) is 4.43. The van der Waals surface area contributed by atoms with Gasteiger partial charge >= 0.3 is 0 Å². The first-order valence-corrected chi connectivity index (χ1v) is 12.7. The number of benzene rings is 1. The molecule has 2 saturated heterocycles. The van der Waals surface area contributed by atoms with Crippen molar-refractivity contribution < 1.29 is 27.5 Å². The number of carbonyl (C=O) groups is 2. The summed E-state index contributed by atoms with van der Waals surface area (Å²) >= 11 is 0. The molecular formula is C22H33N3O6S. The standard InChI is InChI=1S/C22H33N3O6S/c1-23(32(4,28)29)18-8-11-24(12-9-18)22(27)17-14-21(26)25(15-17)10-7-16-5-6-19(30-2)20(13-16)31-3/h5-6,13,17-18H,7-12,14-15H2,1-4H3. The third-order valence-electron chi connectivity index (χ3n) is 6.50. The molecule has 0 saturated carbocycles. The molecule has 0 radical (unpaired) electrons. The van der Waals surface area contributed by atoms with Crippen LogP contribution in [-0.4, -0.2) is 94.1 Å². The number of amides is 2. The summed E-state index contributed by atoms with van der Waals surface area (Å²) in [5.74, 6) is 0.960. The summed E-state index contributed by atoms with van der Waals surface area (Å²) in [6.07, 6.45) is 3.31. The zero-order valence-corrected chi connectivity index (χ0v) is 20.1. The molecule has 10 heteroatoms. The van der Waals surface area contributed by atoms with Crippen LogP contribution in [0.15, 0.2) is 18.2 Å². The second kappa shape index (κ2) is 10.1. The van der Waals surface area contributed by atoms with Crippen LogP contribution in [0.25, 0.3) is 0 Å². The fraction of sp³-hybridized carbons (Fsp3) is 0.636. The highest BCUT2D eigenvalue weighted by Crippen LogP contribution is 2.28. The van der Waals surface area contributed by atoms with Crippen LogP contribution in [0, 0.1) is 5.92 Å². The van der Waals surface area contributed by atoms with Gasteiger partial charge in [-0.3, -0.25) is 9.59 Å². The quantitative estimate of drug-likeness (QED) is 0.566. The first-order valence-electron chi connectivity index (χ1n) is 10.8. The molecule has 2 aliphatic rings. The zero-order valence-electron chi connectivity index (χ0n) is 19.2. The van der Waals surface area contributed by atoms with E-state index in [2.05, 4.69) is 0 Å². The van der Waals surface area contributed by atoms with Gasteiger partial charge in [-0.25, -0.2) is 12.7 Å². The van der Waals surface area contributed by atoms with Crippen LogP contribution in [0.5, 0.6) is 11.5 Å². The van der Waals surface area contributed by atoms with E-state index >= 15 is 0 Å². The van der Waals surface area contributed by atoms with Gasteiger partial charge in [-0.15, -0.1) is 0 Å². The van der Waals surface area contributed by atoms with Gasteiger partial charge in [-0.1, -0.05) is 6.07 Å². The fourth-order valence-corrected chi connectivity index (χ4v) is 5.19. The summed E-state index contributed by atoms with van der Waals surface area (Å²) in [5, 5.41) is 0. The Bertz CT molecular complexity index is 943. The minimum absolute atomic E-state index is 0.00415. The van der Waals surface area contributed by atoms with Gasteiger partial charge in [0.1, 0.15) is 0 Å². The number of hydrogen-bond acceptors (Lipinski definition) is 6. The molecular weight excluding hydrogens is 434 g/mol. The third-order valence-corrected chi connectivity index (χ3v) is 7.84. The van der Waals surface area contributed by atoms with Gasteiger partial charge in [0, 0.05) is 45.7 Å². The smallest absolute Gasteiger partial charge is 0.227 e. The summed E-state index contributed by atoms with van der Waals surface area (Å²) in [6, 6.07) is 5.61. The first kappa shape index (κ1) is 24.3. The molecule has 0 bridgehead atoms. The van der Waals surface area contributed by atoms with Gasteiger partial charge in [0.2, 0.25) is 21.8 Å². The number of carbonyl (C=O) groups excluding carboxylic acids is 2. The predicted molar refractivity (Wildman–Crippen MR) is 120 cm³/mol. The zero-order chi connectivity index (χ0) is 23.5. The van der Waals surface area contributed by atoms with Crippen molar-refractivity contribution in [3.05, 3.63) is 23.8 Å². The molecule has 0 N–H and O–H groups in total. The number of methoxy groups -OCH3 is 2. The normalized spacial score (nSPS) is 20.2. The maximum atomic E-state index is 13.0. The predicted octanol–water partition coefficient (Wildman–Crippen LogP) is 0.977. The molecule has 1 aromatic carbocycles. The van der Waals surface area contributed by atoms with Crippen LogP contribution in [-0.2, 0) is 26.0 Å². The van der Waals surface area contributed by atoms with Gasteiger partial charge in [0.05, 0.1) is 26.4 Å². The van der Waals surface area contributed by atoms with Crippen molar-refractivity contribution in [3.8, 4) is 11.5 Å². The number of rotatable bonds is 8. The van der Waals surface area contributed by atoms with Gasteiger partial charge in [0.15, 0.2) is 11.5 Å². The molecule has 32 heavy (non-hydrogen) atoms. The Balaban J connectivity index is 1.52. The second-order valence-corrected chi connectivity index (χ2v) is 10.6. The minimum atomic E-state index is -3.24. The van der Waals surface area contributed by atoms with E-state index in [0.29, 0.717) is 56.9 Å². The van der Waals surface area contributed by atoms with E-state index in [1.165, 1.54) is 10.6 Å². The maximum Gasteiger partial charge on any atom is 0.227 e. The lowest BCUT2D eigenvalue weighted by Gasteiger charge is -2.36. The summed E-state index contributed by atoms with van der Waals surface area (Å²) in [7, 11) is 1.52. The molecule has 1 unspecified atom stereocenters. The Morgan fingerprint density at radius 1 is 1.16 bits per heavy atom. The van der Waals surface area contributed by atoms with Crippen molar-refractivity contribution in [2.45, 2.75) is 31.7 Å². The van der Waals surface area contributed by atoms with E-state index in [0.717, 1.165) is 5.56 Å². The third kappa shape index (κ3) is 5.53. The monoisotopic (exact) mass is 467 g/mol. The average molecular weight is 468 g/mol. The van der Waals surface area contributed by atoms with E-state index in [4.69, 9.17) is 9.47 Å². The number of ether oxygens (including phenoxy) is 2. The topological polar surface area (TPSA) is 96.5 Å². The number of piperidine rings is 1. The average Bonchev–Trinajstić information content (AvgIpc) is 3.16. The van der Waals surface area contributed by atoms with E-state index in [9.17, 15) is 18.0 Å². The molecule has 178 valence electrons. The van der Waals surface area contributed by atoms with Crippen LogP contribution in [0.1, 0.15) is 24.8 Å². The van der Waals surface area contributed by atoms with Gasteiger partial charge in [0.25, 0.3) is 0 Å². The van der Waals surface area contributed by atoms with Crippen molar-refractivity contribution in [1.82, 2.24) is 14.1 Å². The Morgan fingerprint density at radius 3 is 2.41 bits per heavy atom. The summed E-state index contributed by atoms with van der Waals surface area (Å²) in [4.78, 5) is 29.0. The van der Waals surface area contributed by atoms with E-state index in [1.54, 1.807) is 31.1 Å². The minimum Gasteiger partial charge on any atom is -0.493 e. The van der Waals surface area contributed by atoms with Gasteiger partial charge in [-0.05, 0) is 37.0 Å². The summed E-state index contributed by atoms with van der Waals surface area (Å²) < 4.78 is 35.5. The summed E-state index contributed by atoms with van der Waals surface area (Å²) in [5.41, 5.74) is 1.03. The van der Waals surface area contributed by atoms with Crippen molar-refractivity contribution in [2.75, 3.05) is 53.7 Å². The maximum absolute atomic E-state index is 13.0. The Kier molecular flexibility index (Phi) is 7.66. The van der Waals surface area contributed by atoms with Crippen molar-refractivity contribution in [2.24, 2.45) is 5.92 Å². The van der Waals surface area contributed by atoms with Gasteiger partial charge in [-0.2, -0.15) is 0 Å². The lowest BCUT2D eigenvalue weighted by molar-refractivity contribution is -0.137. The van der Waals surface area contributed by atoms with Gasteiger partial charge < -0.3 is 19.3 Å². The molecule has 0 spiro atoms. The molecule has 2 heterocycles. The van der Waals surface area contributed by atoms with E-state index in [1.807, 2.05) is 18.2 Å². The molecule has 1 atom stereocenters. The Hall–Kier alpha value is -2.33. The number of nitrogens with zero attached hydrogens (tertiary/aromatic N) is 3. The molecule has 1 aromatic rings. The second-order valence-electron chi connectivity index (χ2n) is 8.52. The molecule has 0 aromatic heterocycles. The number of sulfonamides is 1. The molecule has 3 rings (SSSR count). The van der Waals surface area contributed by atoms with E-state index < -0.39 is 10.0 Å². The summed E-state index contributed by atoms with van der Waals surface area (Å²) in [6.45, 7) is 1.99. The number of likely N-dealkylation sites (tertiary alicyclic amines) is 2. The molecule has 0 aliphatic carbocycles. The van der Waals surface area contributed by atoms with Crippen molar-refractivity contribution in [1.29, 1.82) is 0 Å². The van der Waals surface area contributed by atoms with Crippen molar-refractivity contribution >= 4 is 21.8 Å². The highest BCUT2D eigenvalue weighted by Gasteiger charge is 2.38. The lowest BCUT2D eigenvalue weighted by atomic mass is 10.0. The Morgan fingerprint density at radius 2 is 1.81 bits per heavy atom. The number of hydrogen-bond donors (Lipinski definition) is 0. The van der Waals surface area contributed by atoms with Crippen molar-refractivity contribution in [3.63, 3.8) is 0 Å². The van der Waals surface area contributed by atoms with Crippen LogP contribution in [0.2, 0.25) is 0 Å². The molecule has 2 fully saturated rings. The van der Waals surface area contributed by atoms with Crippen LogP contribution in [0.3, 0.4) is 0 Å². The Labute approximate surface area is 190 Å². The van der Waals surface area contributed by atoms with Crippen LogP contribution >= 0.6 is 0 Å². The largest absolute Gasteiger partial charge is 0.493 e. The van der Waals surface area contributed by atoms with Crippen LogP contribution < -0.4 is 9.47 Å². The van der Waals surface area contributed by atoms with Crippen LogP contribution in [0.4, 0.5) is 0 Å². The SMILES string of the molecule is COc1ccc(CCN2CC(C(=O)N3CCC(N(C)S(C)(=O)=O)CC3)CC2=O)cc1OC.